The minimum atomic E-state index is -2.31. The first kappa shape index (κ1) is 21.1. The maximum atomic E-state index is 16.8. The van der Waals surface area contributed by atoms with Gasteiger partial charge in [-0.2, -0.15) is 0 Å². The van der Waals surface area contributed by atoms with E-state index in [1.807, 2.05) is 0 Å². The normalized spacial score (nSPS) is 51.1. The van der Waals surface area contributed by atoms with Crippen LogP contribution in [-0.4, -0.2) is 51.2 Å². The average molecular weight is 430 g/mol. The highest BCUT2D eigenvalue weighted by atomic mass is 32.2. The molecule has 4 nitrogen and oxygen atoms in total. The average Bonchev–Trinajstić information content (AvgIpc) is 2.92. The molecule has 0 aromatic carbocycles. The third-order valence-electron chi connectivity index (χ3n) is 8.03. The molecule has 4 aliphatic rings. The fourth-order valence-electron chi connectivity index (χ4n) is 6.69. The summed E-state index contributed by atoms with van der Waals surface area (Å²) in [6.45, 7) is 3.20. The lowest BCUT2D eigenvalue weighted by molar-refractivity contribution is -0.207. The molecular weight excluding hydrogens is 405 g/mol. The number of hydrogen-bond acceptors (Lipinski definition) is 5. The molecule has 2 unspecified atom stereocenters. The standard InChI is InChI=1S/C21H25F3O4S/c1-10-5-12-13-7-15(23)14-6-11(25)3-4-19(14,2)21(13,24)16(26)8-20(12,17(10)27)18(28)29-9-22/h3-4,6,10,12-13,15-17,26-27H,5,7-9H2,1-2H3/t10-,12?,13?,15+,16+,17-,19+,20-,21+/m1/s1. The predicted molar refractivity (Wildman–Crippen MR) is 102 cm³/mol. The smallest absolute Gasteiger partial charge is 0.200 e. The fourth-order valence-corrected chi connectivity index (χ4v) is 7.41. The molecule has 8 heteroatoms. The highest BCUT2D eigenvalue weighted by Crippen LogP contribution is 2.69. The lowest BCUT2D eigenvalue weighted by Gasteiger charge is -2.62. The summed E-state index contributed by atoms with van der Waals surface area (Å²) in [5.74, 6) is -2.58. The molecule has 4 aliphatic carbocycles. The highest BCUT2D eigenvalue weighted by Gasteiger charge is 2.75. The molecule has 2 N–H and O–H groups in total. The topological polar surface area (TPSA) is 74.6 Å². The molecule has 0 spiro atoms. The molecule has 0 heterocycles. The maximum Gasteiger partial charge on any atom is 0.200 e. The Kier molecular flexibility index (Phi) is 4.87. The first-order valence-corrected chi connectivity index (χ1v) is 10.9. The number of aliphatic hydroxyl groups excluding tert-OH is 2. The SMILES string of the molecule is C[C@@H]1CC2C3C[C@H](F)C4=CC(=O)C=C[C@]4(C)[C@@]3(F)[C@@H](O)C[C@]2(C(=O)SCF)[C@@H]1O. The van der Waals surface area contributed by atoms with Gasteiger partial charge in [-0.3, -0.25) is 9.59 Å². The first-order valence-electron chi connectivity index (χ1n) is 9.91. The highest BCUT2D eigenvalue weighted by molar-refractivity contribution is 8.13. The Morgan fingerprint density at radius 3 is 2.66 bits per heavy atom. The Hall–Kier alpha value is -1.12. The first-order chi connectivity index (χ1) is 13.5. The van der Waals surface area contributed by atoms with E-state index in [4.69, 9.17) is 0 Å². The lowest BCUT2D eigenvalue weighted by Crippen LogP contribution is -2.69. The number of rotatable bonds is 2. The summed E-state index contributed by atoms with van der Waals surface area (Å²) in [6.07, 6.45) is -1.20. The number of carbonyl (C=O) groups is 2. The number of halogens is 3. The van der Waals surface area contributed by atoms with Crippen LogP contribution in [0, 0.1) is 28.6 Å². The number of allylic oxidation sites excluding steroid dienone is 4. The van der Waals surface area contributed by atoms with E-state index in [1.165, 1.54) is 19.1 Å². The summed E-state index contributed by atoms with van der Waals surface area (Å²) in [5.41, 5.74) is -5.35. The quantitative estimate of drug-likeness (QED) is 0.704. The monoisotopic (exact) mass is 430 g/mol. The second kappa shape index (κ2) is 6.69. The van der Waals surface area contributed by atoms with Crippen LogP contribution in [0.15, 0.2) is 23.8 Å². The zero-order chi connectivity index (χ0) is 21.4. The van der Waals surface area contributed by atoms with Crippen molar-refractivity contribution >= 4 is 22.7 Å². The van der Waals surface area contributed by atoms with Crippen LogP contribution in [0.25, 0.3) is 0 Å². The van der Waals surface area contributed by atoms with Crippen LogP contribution >= 0.6 is 11.8 Å². The third-order valence-corrected chi connectivity index (χ3v) is 8.79. The maximum absolute atomic E-state index is 16.8. The van der Waals surface area contributed by atoms with Crippen molar-refractivity contribution in [1.82, 2.24) is 0 Å². The van der Waals surface area contributed by atoms with E-state index in [0.717, 1.165) is 6.08 Å². The Bertz CT molecular complexity index is 816. The van der Waals surface area contributed by atoms with Gasteiger partial charge in [0.15, 0.2) is 11.5 Å². The van der Waals surface area contributed by atoms with E-state index < -0.39 is 63.6 Å². The molecule has 3 saturated carbocycles. The van der Waals surface area contributed by atoms with E-state index in [-0.39, 0.29) is 30.8 Å². The lowest BCUT2D eigenvalue weighted by atomic mass is 9.45. The second-order valence-corrected chi connectivity index (χ2v) is 10.1. The summed E-state index contributed by atoms with van der Waals surface area (Å²) >= 11 is 0.411. The number of alkyl halides is 3. The fraction of sp³-hybridized carbons (Fsp3) is 0.714. The summed E-state index contributed by atoms with van der Waals surface area (Å²) in [4.78, 5) is 24.7. The van der Waals surface area contributed by atoms with Crippen LogP contribution < -0.4 is 0 Å². The van der Waals surface area contributed by atoms with Gasteiger partial charge in [0, 0.05) is 11.3 Å². The number of hydrogen-bond donors (Lipinski definition) is 2. The van der Waals surface area contributed by atoms with Crippen LogP contribution in [0.4, 0.5) is 13.2 Å². The van der Waals surface area contributed by atoms with E-state index in [9.17, 15) is 24.2 Å². The minimum Gasteiger partial charge on any atom is -0.392 e. The molecule has 0 aliphatic heterocycles. The van der Waals surface area contributed by atoms with Gasteiger partial charge in [-0.1, -0.05) is 24.8 Å². The molecule has 29 heavy (non-hydrogen) atoms. The molecule has 0 aromatic heterocycles. The Balaban J connectivity index is 1.87. The van der Waals surface area contributed by atoms with Crippen molar-refractivity contribution in [3.63, 3.8) is 0 Å². The third kappa shape index (κ3) is 2.48. The van der Waals surface area contributed by atoms with Gasteiger partial charge in [0.25, 0.3) is 0 Å². The van der Waals surface area contributed by atoms with Crippen molar-refractivity contribution in [3.8, 4) is 0 Å². The van der Waals surface area contributed by atoms with Crippen molar-refractivity contribution in [1.29, 1.82) is 0 Å². The van der Waals surface area contributed by atoms with E-state index in [2.05, 4.69) is 0 Å². The molecule has 0 radical (unpaired) electrons. The largest absolute Gasteiger partial charge is 0.392 e. The Labute approximate surface area is 171 Å². The van der Waals surface area contributed by atoms with Crippen molar-refractivity contribution in [3.05, 3.63) is 23.8 Å². The van der Waals surface area contributed by atoms with Crippen molar-refractivity contribution in [2.45, 2.75) is 57.2 Å². The van der Waals surface area contributed by atoms with Crippen LogP contribution in [-0.2, 0) is 9.59 Å². The number of thioether (sulfide) groups is 1. The van der Waals surface area contributed by atoms with Gasteiger partial charge in [0.1, 0.15) is 12.2 Å². The zero-order valence-electron chi connectivity index (χ0n) is 16.3. The molecule has 0 bridgehead atoms. The molecule has 9 atom stereocenters. The van der Waals surface area contributed by atoms with Crippen molar-refractivity contribution in [2.75, 3.05) is 6.01 Å². The van der Waals surface area contributed by atoms with Crippen LogP contribution in [0.5, 0.6) is 0 Å². The molecule has 0 saturated heterocycles. The van der Waals surface area contributed by atoms with E-state index >= 15 is 8.78 Å². The minimum absolute atomic E-state index is 0.00588. The number of carbonyl (C=O) groups excluding carboxylic acids is 2. The molecule has 0 aromatic rings. The summed E-state index contributed by atoms with van der Waals surface area (Å²) in [5, 5.41) is 21.3. The predicted octanol–water partition coefficient (Wildman–Crippen LogP) is 3.08. The number of fused-ring (bicyclic) bond motifs is 5. The van der Waals surface area contributed by atoms with Crippen molar-refractivity contribution in [2.24, 2.45) is 28.6 Å². The second-order valence-electron chi connectivity index (χ2n) is 9.18. The van der Waals surface area contributed by atoms with Gasteiger partial charge in [-0.15, -0.1) is 0 Å². The van der Waals surface area contributed by atoms with Gasteiger partial charge in [0.05, 0.1) is 17.6 Å². The Morgan fingerprint density at radius 2 is 2.00 bits per heavy atom. The Morgan fingerprint density at radius 1 is 1.31 bits per heavy atom. The van der Waals surface area contributed by atoms with Gasteiger partial charge < -0.3 is 10.2 Å². The summed E-state index contributed by atoms with van der Waals surface area (Å²) in [6, 6.07) is -0.989. The van der Waals surface area contributed by atoms with Crippen LogP contribution in [0.1, 0.15) is 33.1 Å². The van der Waals surface area contributed by atoms with Crippen LogP contribution in [0.3, 0.4) is 0 Å². The molecule has 3 fully saturated rings. The molecule has 0 amide bonds. The van der Waals surface area contributed by atoms with Gasteiger partial charge in [0.2, 0.25) is 5.12 Å². The summed E-state index contributed by atoms with van der Waals surface area (Å²) in [7, 11) is 0. The van der Waals surface area contributed by atoms with E-state index in [1.54, 1.807) is 6.92 Å². The molecule has 160 valence electrons. The molecule has 4 rings (SSSR count). The van der Waals surface area contributed by atoms with Crippen LogP contribution in [0.2, 0.25) is 0 Å². The zero-order valence-corrected chi connectivity index (χ0v) is 17.1. The molecular formula is C21H25F3O4S. The number of ketones is 1. The van der Waals surface area contributed by atoms with Gasteiger partial charge in [-0.25, -0.2) is 13.2 Å². The van der Waals surface area contributed by atoms with Crippen molar-refractivity contribution < 1.29 is 33.0 Å². The van der Waals surface area contributed by atoms with Gasteiger partial charge in [-0.05, 0) is 55.7 Å². The van der Waals surface area contributed by atoms with Gasteiger partial charge >= 0.3 is 0 Å². The number of aliphatic hydroxyl groups is 2. The van der Waals surface area contributed by atoms with E-state index in [0.29, 0.717) is 11.8 Å². The summed E-state index contributed by atoms with van der Waals surface area (Å²) < 4.78 is 45.0.